The van der Waals surface area contributed by atoms with E-state index in [1.54, 1.807) is 0 Å². The van der Waals surface area contributed by atoms with Gasteiger partial charge in [0, 0.05) is 18.0 Å². The zero-order chi connectivity index (χ0) is 9.64. The zero-order valence-corrected chi connectivity index (χ0v) is 8.29. The first-order chi connectivity index (χ1) is 6.95. The highest BCUT2D eigenvalue weighted by molar-refractivity contribution is 5.34. The molecule has 1 saturated heterocycles. The second kappa shape index (κ2) is 4.83. The highest BCUT2D eigenvalue weighted by Crippen LogP contribution is 2.08. The molecule has 1 fully saturated rings. The van der Waals surface area contributed by atoms with E-state index in [9.17, 15) is 0 Å². The summed E-state index contributed by atoms with van der Waals surface area (Å²) in [5.74, 6) is 7.10. The number of rotatable bonds is 0. The van der Waals surface area contributed by atoms with E-state index in [0.29, 0.717) is 5.92 Å². The molecule has 0 saturated carbocycles. The minimum atomic E-state index is 0.545. The van der Waals surface area contributed by atoms with Crippen LogP contribution >= 0.6 is 0 Å². The van der Waals surface area contributed by atoms with Crippen LogP contribution in [0.4, 0.5) is 0 Å². The summed E-state index contributed by atoms with van der Waals surface area (Å²) < 4.78 is 0. The van der Waals surface area contributed by atoms with E-state index < -0.39 is 0 Å². The van der Waals surface area contributed by atoms with Crippen molar-refractivity contribution in [1.29, 1.82) is 0 Å². The van der Waals surface area contributed by atoms with Crippen molar-refractivity contribution in [2.24, 2.45) is 5.92 Å². The van der Waals surface area contributed by atoms with Gasteiger partial charge in [-0.25, -0.2) is 0 Å². The number of hydrogen-bond donors (Lipinski definition) is 1. The fourth-order valence-corrected chi connectivity index (χ4v) is 1.68. The standard InChI is InChI=1S/C13H15N/c1-2-5-12(6-3-1)8-9-13-7-4-10-14-11-13/h1-3,5-6,13-14H,4,7,10-11H2/t13-/m1/s1. The van der Waals surface area contributed by atoms with E-state index in [0.717, 1.165) is 18.7 Å². The zero-order valence-electron chi connectivity index (χ0n) is 8.29. The highest BCUT2D eigenvalue weighted by Gasteiger charge is 2.08. The number of hydrogen-bond acceptors (Lipinski definition) is 1. The lowest BCUT2D eigenvalue weighted by Crippen LogP contribution is -2.28. The van der Waals surface area contributed by atoms with Gasteiger partial charge >= 0.3 is 0 Å². The van der Waals surface area contributed by atoms with Gasteiger partial charge < -0.3 is 5.32 Å². The van der Waals surface area contributed by atoms with Crippen LogP contribution in [0.5, 0.6) is 0 Å². The van der Waals surface area contributed by atoms with Crippen molar-refractivity contribution in [3.63, 3.8) is 0 Å². The van der Waals surface area contributed by atoms with Crippen LogP contribution in [-0.4, -0.2) is 13.1 Å². The summed E-state index contributed by atoms with van der Waals surface area (Å²) in [6.07, 6.45) is 2.50. The average molecular weight is 185 g/mol. The summed E-state index contributed by atoms with van der Waals surface area (Å²) >= 11 is 0. The lowest BCUT2D eigenvalue weighted by molar-refractivity contribution is 0.449. The molecule has 0 spiro atoms. The molecule has 1 aliphatic rings. The van der Waals surface area contributed by atoms with Crippen LogP contribution in [0, 0.1) is 17.8 Å². The summed E-state index contributed by atoms with van der Waals surface area (Å²) in [7, 11) is 0. The van der Waals surface area contributed by atoms with E-state index in [1.165, 1.54) is 12.8 Å². The number of nitrogens with one attached hydrogen (secondary N) is 1. The molecule has 0 amide bonds. The van der Waals surface area contributed by atoms with Crippen molar-refractivity contribution in [3.8, 4) is 11.8 Å². The minimum absolute atomic E-state index is 0.545. The van der Waals surface area contributed by atoms with E-state index in [-0.39, 0.29) is 0 Å². The molecule has 2 rings (SSSR count). The van der Waals surface area contributed by atoms with Crippen molar-refractivity contribution in [3.05, 3.63) is 35.9 Å². The van der Waals surface area contributed by atoms with Crippen LogP contribution in [0.2, 0.25) is 0 Å². The maximum Gasteiger partial charge on any atom is 0.0331 e. The minimum Gasteiger partial charge on any atom is -0.316 e. The molecule has 1 aromatic carbocycles. The van der Waals surface area contributed by atoms with Crippen molar-refractivity contribution >= 4 is 0 Å². The maximum absolute atomic E-state index is 3.37. The maximum atomic E-state index is 3.37. The fourth-order valence-electron chi connectivity index (χ4n) is 1.68. The van der Waals surface area contributed by atoms with Crippen molar-refractivity contribution < 1.29 is 0 Å². The van der Waals surface area contributed by atoms with Crippen molar-refractivity contribution in [2.75, 3.05) is 13.1 Å². The quantitative estimate of drug-likeness (QED) is 0.610. The largest absolute Gasteiger partial charge is 0.316 e. The first-order valence-electron chi connectivity index (χ1n) is 5.22. The molecule has 0 aromatic heterocycles. The Morgan fingerprint density at radius 3 is 2.79 bits per heavy atom. The summed E-state index contributed by atoms with van der Waals surface area (Å²) in [6, 6.07) is 10.2. The topological polar surface area (TPSA) is 12.0 Å². The third-order valence-electron chi connectivity index (χ3n) is 2.49. The molecule has 1 N–H and O–H groups in total. The lowest BCUT2D eigenvalue weighted by atomic mass is 10.00. The molecule has 1 aliphatic heterocycles. The SMILES string of the molecule is C(#C[C@H]1CCCNC1)c1ccccc1. The molecule has 1 atom stereocenters. The van der Waals surface area contributed by atoms with E-state index in [2.05, 4.69) is 29.3 Å². The molecule has 72 valence electrons. The van der Waals surface area contributed by atoms with Crippen molar-refractivity contribution in [2.45, 2.75) is 12.8 Å². The third kappa shape index (κ3) is 2.61. The van der Waals surface area contributed by atoms with Gasteiger partial charge in [-0.15, -0.1) is 0 Å². The Labute approximate surface area is 85.5 Å². The van der Waals surface area contributed by atoms with Gasteiger partial charge in [-0.05, 0) is 31.5 Å². The van der Waals surface area contributed by atoms with Crippen LogP contribution < -0.4 is 5.32 Å². The molecule has 0 unspecified atom stereocenters. The monoisotopic (exact) mass is 185 g/mol. The van der Waals surface area contributed by atoms with Crippen LogP contribution in [-0.2, 0) is 0 Å². The Bertz CT molecular complexity index is 325. The molecule has 1 nitrogen and oxygen atoms in total. The molecular weight excluding hydrogens is 170 g/mol. The van der Waals surface area contributed by atoms with Gasteiger partial charge in [0.2, 0.25) is 0 Å². The van der Waals surface area contributed by atoms with Gasteiger partial charge in [0.25, 0.3) is 0 Å². The molecule has 0 aliphatic carbocycles. The second-order valence-corrected chi connectivity index (χ2v) is 3.68. The van der Waals surface area contributed by atoms with Crippen LogP contribution in [0.15, 0.2) is 30.3 Å². The smallest absolute Gasteiger partial charge is 0.0331 e. The molecule has 1 aromatic rings. The van der Waals surface area contributed by atoms with Gasteiger partial charge in [-0.2, -0.15) is 0 Å². The van der Waals surface area contributed by atoms with Gasteiger partial charge in [0.1, 0.15) is 0 Å². The van der Waals surface area contributed by atoms with Crippen LogP contribution in [0.3, 0.4) is 0 Å². The summed E-state index contributed by atoms with van der Waals surface area (Å²) in [5, 5.41) is 3.37. The molecular formula is C13H15N. The van der Waals surface area contributed by atoms with E-state index in [4.69, 9.17) is 0 Å². The second-order valence-electron chi connectivity index (χ2n) is 3.68. The Morgan fingerprint density at radius 1 is 1.21 bits per heavy atom. The van der Waals surface area contributed by atoms with Crippen molar-refractivity contribution in [1.82, 2.24) is 5.32 Å². The molecule has 14 heavy (non-hydrogen) atoms. The predicted molar refractivity (Wildman–Crippen MR) is 58.9 cm³/mol. The summed E-state index contributed by atoms with van der Waals surface area (Å²) in [6.45, 7) is 2.21. The average Bonchev–Trinajstić information content (AvgIpc) is 2.29. The van der Waals surface area contributed by atoms with E-state index in [1.807, 2.05) is 18.2 Å². The molecule has 1 heterocycles. The van der Waals surface area contributed by atoms with Crippen LogP contribution in [0.1, 0.15) is 18.4 Å². The normalized spacial score (nSPS) is 21.0. The van der Waals surface area contributed by atoms with Crippen LogP contribution in [0.25, 0.3) is 0 Å². The molecule has 0 bridgehead atoms. The first kappa shape index (κ1) is 9.30. The predicted octanol–water partition coefficient (Wildman–Crippen LogP) is 2.04. The van der Waals surface area contributed by atoms with Gasteiger partial charge in [0.15, 0.2) is 0 Å². The summed E-state index contributed by atoms with van der Waals surface area (Å²) in [4.78, 5) is 0. The van der Waals surface area contributed by atoms with Gasteiger partial charge in [0.05, 0.1) is 0 Å². The Hall–Kier alpha value is -1.26. The summed E-state index contributed by atoms with van der Waals surface area (Å²) in [5.41, 5.74) is 1.12. The van der Waals surface area contributed by atoms with Gasteiger partial charge in [-0.1, -0.05) is 30.0 Å². The molecule has 1 heteroatoms. The van der Waals surface area contributed by atoms with Gasteiger partial charge in [-0.3, -0.25) is 0 Å². The first-order valence-corrected chi connectivity index (χ1v) is 5.22. The number of benzene rings is 1. The van der Waals surface area contributed by atoms with E-state index >= 15 is 0 Å². The highest BCUT2D eigenvalue weighted by atomic mass is 14.9. The Morgan fingerprint density at radius 2 is 2.07 bits per heavy atom. The lowest BCUT2D eigenvalue weighted by Gasteiger charge is -2.17. The Balaban J connectivity index is 1.99. The fraction of sp³-hybridized carbons (Fsp3) is 0.385. The Kier molecular flexibility index (Phi) is 3.21. The molecule has 0 radical (unpaired) electrons. The third-order valence-corrected chi connectivity index (χ3v) is 2.49. The number of piperidine rings is 1.